The Hall–Kier alpha value is -0.730. The van der Waals surface area contributed by atoms with E-state index in [1.807, 2.05) is 6.92 Å². The highest BCUT2D eigenvalue weighted by atomic mass is 35.5. The Morgan fingerprint density at radius 2 is 2.00 bits per heavy atom. The first-order chi connectivity index (χ1) is 6.83. The highest BCUT2D eigenvalue weighted by Crippen LogP contribution is 2.25. The molecule has 15 heavy (non-hydrogen) atoms. The molecule has 1 rings (SSSR count). The first kappa shape index (κ1) is 12.3. The minimum Gasteiger partial charge on any atom is -0.479 e. The highest BCUT2D eigenvalue weighted by molar-refractivity contribution is 6.65. The van der Waals surface area contributed by atoms with Gasteiger partial charge in [0.25, 0.3) is 5.24 Å². The predicted molar refractivity (Wildman–Crippen MR) is 61.8 cm³/mol. The van der Waals surface area contributed by atoms with E-state index < -0.39 is 10.8 Å². The summed E-state index contributed by atoms with van der Waals surface area (Å²) >= 11 is 11.3. The minimum atomic E-state index is -1.03. The summed E-state index contributed by atoms with van der Waals surface area (Å²) in [5, 5.41) is 0.132. The van der Waals surface area contributed by atoms with Crippen molar-refractivity contribution in [3.63, 3.8) is 0 Å². The lowest BCUT2D eigenvalue weighted by Crippen LogP contribution is -2.34. The second-order valence-corrected chi connectivity index (χ2v) is 4.55. The number of benzene rings is 1. The van der Waals surface area contributed by atoms with E-state index in [4.69, 9.17) is 27.9 Å². The number of halogens is 2. The van der Waals surface area contributed by atoms with Crippen molar-refractivity contribution in [1.82, 2.24) is 0 Å². The van der Waals surface area contributed by atoms with Gasteiger partial charge in [-0.25, -0.2) is 0 Å². The van der Waals surface area contributed by atoms with Crippen LogP contribution in [0, 0.1) is 6.92 Å². The third-order valence-corrected chi connectivity index (χ3v) is 2.85. The molecule has 2 nitrogen and oxygen atoms in total. The first-order valence-corrected chi connectivity index (χ1v) is 5.23. The summed E-state index contributed by atoms with van der Waals surface area (Å²) in [6, 6.07) is 5.20. The van der Waals surface area contributed by atoms with Crippen LogP contribution in [0.15, 0.2) is 18.2 Å². The zero-order valence-electron chi connectivity index (χ0n) is 8.80. The number of carbonyl (C=O) groups is 1. The van der Waals surface area contributed by atoms with Gasteiger partial charge in [-0.2, -0.15) is 0 Å². The molecule has 0 fully saturated rings. The summed E-state index contributed by atoms with van der Waals surface area (Å²) in [5.74, 6) is 0.580. The molecule has 0 amide bonds. The number of aryl methyl sites for hydroxylation is 1. The smallest absolute Gasteiger partial charge is 0.264 e. The number of rotatable bonds is 3. The molecule has 0 aromatic heterocycles. The molecule has 0 aliphatic heterocycles. The fourth-order valence-electron chi connectivity index (χ4n) is 1.02. The number of hydrogen-bond donors (Lipinski definition) is 0. The fourth-order valence-corrected chi connectivity index (χ4v) is 1.17. The molecule has 0 bridgehead atoms. The van der Waals surface area contributed by atoms with Crippen LogP contribution in [0.5, 0.6) is 5.75 Å². The summed E-state index contributed by atoms with van der Waals surface area (Å²) in [7, 11) is 0. The maximum absolute atomic E-state index is 11.0. The molecular formula is C11H12Cl2O2. The second kappa shape index (κ2) is 4.42. The van der Waals surface area contributed by atoms with Crippen molar-refractivity contribution < 1.29 is 9.53 Å². The predicted octanol–water partition coefficient (Wildman–Crippen LogP) is 3.57. The van der Waals surface area contributed by atoms with Crippen LogP contribution in [0.25, 0.3) is 0 Å². The van der Waals surface area contributed by atoms with Crippen molar-refractivity contribution in [2.24, 2.45) is 0 Å². The first-order valence-electron chi connectivity index (χ1n) is 4.48. The fraction of sp³-hybridized carbons (Fsp3) is 0.364. The summed E-state index contributed by atoms with van der Waals surface area (Å²) < 4.78 is 5.46. The van der Waals surface area contributed by atoms with Gasteiger partial charge in [0.15, 0.2) is 5.60 Å². The largest absolute Gasteiger partial charge is 0.479 e. The average Bonchev–Trinajstić information content (AvgIpc) is 2.10. The van der Waals surface area contributed by atoms with Gasteiger partial charge in [-0.15, -0.1) is 0 Å². The van der Waals surface area contributed by atoms with E-state index in [2.05, 4.69) is 0 Å². The number of hydrogen-bond acceptors (Lipinski definition) is 2. The highest BCUT2D eigenvalue weighted by Gasteiger charge is 2.28. The molecule has 0 radical (unpaired) electrons. The third kappa shape index (κ3) is 3.11. The van der Waals surface area contributed by atoms with E-state index in [1.54, 1.807) is 32.0 Å². The van der Waals surface area contributed by atoms with Crippen LogP contribution in [0.2, 0.25) is 5.02 Å². The van der Waals surface area contributed by atoms with Crippen molar-refractivity contribution in [3.05, 3.63) is 28.8 Å². The van der Waals surface area contributed by atoms with E-state index >= 15 is 0 Å². The maximum atomic E-state index is 11.0. The molecule has 4 heteroatoms. The quantitative estimate of drug-likeness (QED) is 0.763. The van der Waals surface area contributed by atoms with Crippen molar-refractivity contribution in [1.29, 1.82) is 0 Å². The van der Waals surface area contributed by atoms with Crippen LogP contribution < -0.4 is 4.74 Å². The monoisotopic (exact) mass is 246 g/mol. The minimum absolute atomic E-state index is 0.532. The van der Waals surface area contributed by atoms with E-state index in [0.717, 1.165) is 5.56 Å². The Labute approximate surface area is 99.1 Å². The number of ether oxygens (including phenoxy) is 1. The molecule has 0 saturated heterocycles. The molecule has 0 spiro atoms. The second-order valence-electron chi connectivity index (χ2n) is 3.80. The molecule has 1 aromatic carbocycles. The van der Waals surface area contributed by atoms with Gasteiger partial charge < -0.3 is 4.74 Å². The van der Waals surface area contributed by atoms with Crippen LogP contribution in [0.4, 0.5) is 0 Å². The van der Waals surface area contributed by atoms with Gasteiger partial charge in [0, 0.05) is 5.02 Å². The van der Waals surface area contributed by atoms with Gasteiger partial charge in [0.1, 0.15) is 5.75 Å². The molecule has 0 saturated carbocycles. The van der Waals surface area contributed by atoms with Crippen molar-refractivity contribution in [3.8, 4) is 5.75 Å². The van der Waals surface area contributed by atoms with E-state index in [0.29, 0.717) is 10.8 Å². The van der Waals surface area contributed by atoms with Crippen LogP contribution in [0.3, 0.4) is 0 Å². The normalized spacial score (nSPS) is 11.3. The topological polar surface area (TPSA) is 26.3 Å². The molecule has 0 N–H and O–H groups in total. The lowest BCUT2D eigenvalue weighted by atomic mass is 10.1. The van der Waals surface area contributed by atoms with E-state index in [-0.39, 0.29) is 0 Å². The molecule has 0 heterocycles. The summed E-state index contributed by atoms with van der Waals surface area (Å²) in [5.41, 5.74) is -0.131. The summed E-state index contributed by atoms with van der Waals surface area (Å²) in [6.45, 7) is 5.10. The Bertz CT molecular complexity index is 386. The number of carbonyl (C=O) groups excluding carboxylic acids is 1. The van der Waals surface area contributed by atoms with Gasteiger partial charge in [-0.1, -0.05) is 11.6 Å². The van der Waals surface area contributed by atoms with Crippen molar-refractivity contribution in [2.75, 3.05) is 0 Å². The van der Waals surface area contributed by atoms with Crippen molar-refractivity contribution in [2.45, 2.75) is 26.4 Å². The van der Waals surface area contributed by atoms with Gasteiger partial charge in [0.05, 0.1) is 0 Å². The summed E-state index contributed by atoms with van der Waals surface area (Å²) in [6.07, 6.45) is 0. The zero-order chi connectivity index (χ0) is 11.6. The zero-order valence-corrected chi connectivity index (χ0v) is 10.3. The molecule has 0 aliphatic carbocycles. The van der Waals surface area contributed by atoms with E-state index in [1.165, 1.54) is 0 Å². The molecule has 82 valence electrons. The molecule has 1 aromatic rings. The van der Waals surface area contributed by atoms with Crippen LogP contribution in [-0.2, 0) is 4.79 Å². The molecule has 0 unspecified atom stereocenters. The lowest BCUT2D eigenvalue weighted by molar-refractivity contribution is -0.123. The van der Waals surface area contributed by atoms with Gasteiger partial charge in [-0.05, 0) is 56.1 Å². The molecule has 0 aliphatic rings. The molecular weight excluding hydrogens is 235 g/mol. The Morgan fingerprint density at radius 3 is 2.47 bits per heavy atom. The van der Waals surface area contributed by atoms with Gasteiger partial charge >= 0.3 is 0 Å². The lowest BCUT2D eigenvalue weighted by Gasteiger charge is -2.22. The average molecular weight is 247 g/mol. The van der Waals surface area contributed by atoms with Gasteiger partial charge in [0.2, 0.25) is 0 Å². The third-order valence-electron chi connectivity index (χ3n) is 1.98. The van der Waals surface area contributed by atoms with Gasteiger partial charge in [-0.3, -0.25) is 4.79 Å². The summed E-state index contributed by atoms with van der Waals surface area (Å²) in [4.78, 5) is 11.0. The van der Waals surface area contributed by atoms with Crippen LogP contribution >= 0.6 is 23.2 Å². The Morgan fingerprint density at radius 1 is 1.40 bits per heavy atom. The van der Waals surface area contributed by atoms with Crippen molar-refractivity contribution >= 4 is 28.4 Å². The standard InChI is InChI=1S/C11H12Cl2O2/c1-7-6-8(4-5-9(7)12)15-11(2,3)10(13)14/h4-6H,1-3H3. The SMILES string of the molecule is Cc1cc(OC(C)(C)C(=O)Cl)ccc1Cl. The Kier molecular flexibility index (Phi) is 3.63. The van der Waals surface area contributed by atoms with Crippen LogP contribution in [0.1, 0.15) is 19.4 Å². The van der Waals surface area contributed by atoms with Crippen LogP contribution in [-0.4, -0.2) is 10.8 Å². The molecule has 0 atom stereocenters. The maximum Gasteiger partial charge on any atom is 0.264 e. The van der Waals surface area contributed by atoms with E-state index in [9.17, 15) is 4.79 Å². The Balaban J connectivity index is 2.91.